The number of Topliss-reactive ketones (excluding diaryl/α,β-unsaturated/α-hetero) is 1. The van der Waals surface area contributed by atoms with E-state index in [1.807, 2.05) is 32.9 Å². The molecule has 0 radical (unpaired) electrons. The van der Waals surface area contributed by atoms with Crippen LogP contribution in [0.25, 0.3) is 11.0 Å². The van der Waals surface area contributed by atoms with Gasteiger partial charge in [0.1, 0.15) is 5.75 Å². The van der Waals surface area contributed by atoms with Crippen LogP contribution >= 0.6 is 11.6 Å². The molecule has 0 aliphatic carbocycles. The highest BCUT2D eigenvalue weighted by Crippen LogP contribution is 2.43. The van der Waals surface area contributed by atoms with Crippen molar-refractivity contribution in [1.29, 1.82) is 0 Å². The summed E-state index contributed by atoms with van der Waals surface area (Å²) in [6, 6.07) is 11.2. The Labute approximate surface area is 202 Å². The number of para-hydroxylation sites is 1. The molecular weight excluding hydrogens is 458 g/mol. The second-order valence-electron chi connectivity index (χ2n) is 8.33. The summed E-state index contributed by atoms with van der Waals surface area (Å²) in [6.45, 7) is 6.07. The third-order valence-corrected chi connectivity index (χ3v) is 5.80. The van der Waals surface area contributed by atoms with Crippen molar-refractivity contribution in [3.05, 3.63) is 70.1 Å². The van der Waals surface area contributed by atoms with Gasteiger partial charge in [0.15, 0.2) is 22.9 Å². The van der Waals surface area contributed by atoms with E-state index in [0.717, 1.165) is 0 Å². The van der Waals surface area contributed by atoms with Crippen LogP contribution in [-0.4, -0.2) is 41.5 Å². The summed E-state index contributed by atoms with van der Waals surface area (Å²) >= 11 is 6.16. The number of ether oxygens (including phenoxy) is 2. The van der Waals surface area contributed by atoms with Crippen LogP contribution < -0.4 is 9.47 Å². The molecule has 8 heteroatoms. The predicted octanol–water partition coefficient (Wildman–Crippen LogP) is 5.87. The van der Waals surface area contributed by atoms with Gasteiger partial charge in [-0.3, -0.25) is 9.59 Å². The number of furan rings is 1. The number of halogens is 1. The molecule has 2 heterocycles. The molecule has 1 amide bonds. The van der Waals surface area contributed by atoms with Crippen LogP contribution in [-0.2, 0) is 4.79 Å². The predicted molar refractivity (Wildman–Crippen MR) is 129 cm³/mol. The van der Waals surface area contributed by atoms with E-state index in [0.29, 0.717) is 46.0 Å². The lowest BCUT2D eigenvalue weighted by Crippen LogP contribution is -2.32. The van der Waals surface area contributed by atoms with Crippen LogP contribution in [0.15, 0.2) is 58.2 Å². The van der Waals surface area contributed by atoms with Gasteiger partial charge in [0, 0.05) is 28.6 Å². The van der Waals surface area contributed by atoms with E-state index in [-0.39, 0.29) is 17.4 Å². The first-order valence-electron chi connectivity index (χ1n) is 11.1. The van der Waals surface area contributed by atoms with Crippen molar-refractivity contribution in [3.63, 3.8) is 0 Å². The molecule has 2 aromatic carbocycles. The monoisotopic (exact) mass is 483 g/mol. The first-order chi connectivity index (χ1) is 16.3. The SMILES string of the molecule is CCCN1C(=O)C(O)=C(C(=O)c2cc3cc(Cl)cc(OC)c3o2)C1c1ccccc1OC(C)C. The number of aliphatic hydroxyl groups is 1. The van der Waals surface area contributed by atoms with Crippen LogP contribution in [0.3, 0.4) is 0 Å². The summed E-state index contributed by atoms with van der Waals surface area (Å²) in [7, 11) is 1.48. The maximum absolute atomic E-state index is 13.7. The number of benzene rings is 2. The Bertz CT molecular complexity index is 1290. The molecule has 0 spiro atoms. The highest BCUT2D eigenvalue weighted by molar-refractivity contribution is 6.31. The minimum atomic E-state index is -0.825. The fraction of sp³-hybridized carbons (Fsp3) is 0.308. The Morgan fingerprint density at radius 3 is 2.62 bits per heavy atom. The molecule has 3 aromatic rings. The molecule has 0 fully saturated rings. The minimum absolute atomic E-state index is 0.0319. The zero-order valence-corrected chi connectivity index (χ0v) is 20.2. The number of rotatable bonds is 8. The van der Waals surface area contributed by atoms with Gasteiger partial charge in [-0.2, -0.15) is 0 Å². The zero-order valence-electron chi connectivity index (χ0n) is 19.4. The van der Waals surface area contributed by atoms with Crippen LogP contribution in [0, 0.1) is 0 Å². The van der Waals surface area contributed by atoms with Gasteiger partial charge in [-0.15, -0.1) is 0 Å². The van der Waals surface area contributed by atoms with Gasteiger partial charge in [-0.1, -0.05) is 36.7 Å². The van der Waals surface area contributed by atoms with Crippen LogP contribution in [0.4, 0.5) is 0 Å². The van der Waals surface area contributed by atoms with Gasteiger partial charge >= 0.3 is 0 Å². The summed E-state index contributed by atoms with van der Waals surface area (Å²) in [6.07, 6.45) is 0.520. The molecular formula is C26H26ClNO6. The molecule has 4 rings (SSSR count). The number of ketones is 1. The van der Waals surface area contributed by atoms with E-state index >= 15 is 0 Å². The fourth-order valence-corrected chi connectivity index (χ4v) is 4.45. The standard InChI is InChI=1S/C26H26ClNO6/c1-5-10-28-22(17-8-6-7-9-18(17)33-14(2)3)21(24(30)26(28)31)23(29)19-12-15-11-16(27)13-20(32-4)25(15)34-19/h6-9,11-14,22,30H,5,10H2,1-4H3. The number of hydrogen-bond acceptors (Lipinski definition) is 6. The molecule has 34 heavy (non-hydrogen) atoms. The quantitative estimate of drug-likeness (QED) is 0.403. The summed E-state index contributed by atoms with van der Waals surface area (Å²) < 4.78 is 17.1. The van der Waals surface area contributed by atoms with E-state index in [4.69, 9.17) is 25.5 Å². The normalized spacial score (nSPS) is 16.1. The number of aliphatic hydroxyl groups excluding tert-OH is 1. The molecule has 178 valence electrons. The lowest BCUT2D eigenvalue weighted by molar-refractivity contribution is -0.129. The third-order valence-electron chi connectivity index (χ3n) is 5.58. The molecule has 1 aliphatic rings. The van der Waals surface area contributed by atoms with Crippen molar-refractivity contribution in [1.82, 2.24) is 4.90 Å². The summed E-state index contributed by atoms with van der Waals surface area (Å²) in [5, 5.41) is 11.8. The van der Waals surface area contributed by atoms with E-state index < -0.39 is 23.5 Å². The molecule has 0 saturated carbocycles. The lowest BCUT2D eigenvalue weighted by atomic mass is 9.94. The minimum Gasteiger partial charge on any atom is -0.503 e. The van der Waals surface area contributed by atoms with Gasteiger partial charge < -0.3 is 23.9 Å². The second-order valence-corrected chi connectivity index (χ2v) is 8.77. The Morgan fingerprint density at radius 2 is 1.94 bits per heavy atom. The topological polar surface area (TPSA) is 89.2 Å². The van der Waals surface area contributed by atoms with E-state index in [1.165, 1.54) is 18.1 Å². The summed E-state index contributed by atoms with van der Waals surface area (Å²) in [4.78, 5) is 28.2. The van der Waals surface area contributed by atoms with Crippen LogP contribution in [0.2, 0.25) is 5.02 Å². The molecule has 0 saturated heterocycles. The average Bonchev–Trinajstić information content (AvgIpc) is 3.33. The van der Waals surface area contributed by atoms with Crippen molar-refractivity contribution in [2.24, 2.45) is 0 Å². The van der Waals surface area contributed by atoms with E-state index in [1.54, 1.807) is 24.3 Å². The van der Waals surface area contributed by atoms with Crippen LogP contribution in [0.5, 0.6) is 11.5 Å². The highest BCUT2D eigenvalue weighted by atomic mass is 35.5. The molecule has 1 unspecified atom stereocenters. The van der Waals surface area contributed by atoms with Gasteiger partial charge in [0.2, 0.25) is 5.78 Å². The lowest BCUT2D eigenvalue weighted by Gasteiger charge is -2.28. The number of hydrogen-bond donors (Lipinski definition) is 1. The van der Waals surface area contributed by atoms with E-state index in [9.17, 15) is 14.7 Å². The van der Waals surface area contributed by atoms with E-state index in [2.05, 4.69) is 0 Å². The molecule has 1 N–H and O–H groups in total. The van der Waals surface area contributed by atoms with Crippen molar-refractivity contribution in [2.75, 3.05) is 13.7 Å². The van der Waals surface area contributed by atoms with Gasteiger partial charge in [-0.25, -0.2) is 0 Å². The Hall–Kier alpha value is -3.45. The zero-order chi connectivity index (χ0) is 24.6. The van der Waals surface area contributed by atoms with Crippen molar-refractivity contribution < 1.29 is 28.6 Å². The summed E-state index contributed by atoms with van der Waals surface area (Å²) in [5.74, 6) is -0.908. The Kier molecular flexibility index (Phi) is 6.57. The first kappa shape index (κ1) is 23.7. The van der Waals surface area contributed by atoms with Gasteiger partial charge in [-0.05, 0) is 38.5 Å². The highest BCUT2D eigenvalue weighted by Gasteiger charge is 2.45. The molecule has 1 atom stereocenters. The van der Waals surface area contributed by atoms with Gasteiger partial charge in [0.05, 0.1) is 24.8 Å². The van der Waals surface area contributed by atoms with Crippen molar-refractivity contribution in [3.8, 4) is 11.5 Å². The largest absolute Gasteiger partial charge is 0.503 e. The number of methoxy groups -OCH3 is 1. The summed E-state index contributed by atoms with van der Waals surface area (Å²) in [5.41, 5.74) is 0.912. The van der Waals surface area contributed by atoms with Crippen molar-refractivity contribution >= 4 is 34.3 Å². The second kappa shape index (κ2) is 9.43. The molecule has 7 nitrogen and oxygen atoms in total. The number of fused-ring (bicyclic) bond motifs is 1. The fourth-order valence-electron chi connectivity index (χ4n) is 4.23. The average molecular weight is 484 g/mol. The smallest absolute Gasteiger partial charge is 0.290 e. The Morgan fingerprint density at radius 1 is 1.21 bits per heavy atom. The number of carbonyl (C=O) groups is 2. The maximum atomic E-state index is 13.7. The van der Waals surface area contributed by atoms with Crippen molar-refractivity contribution in [2.45, 2.75) is 39.3 Å². The number of carbonyl (C=O) groups excluding carboxylic acids is 2. The third kappa shape index (κ3) is 4.12. The number of nitrogens with zero attached hydrogens (tertiary/aromatic N) is 1. The maximum Gasteiger partial charge on any atom is 0.290 e. The first-order valence-corrected chi connectivity index (χ1v) is 11.5. The molecule has 1 aromatic heterocycles. The number of amides is 1. The molecule has 1 aliphatic heterocycles. The Balaban J connectivity index is 1.86. The molecule has 0 bridgehead atoms. The van der Waals surface area contributed by atoms with Crippen LogP contribution in [0.1, 0.15) is 49.4 Å². The van der Waals surface area contributed by atoms with Gasteiger partial charge in [0.25, 0.3) is 5.91 Å².